The van der Waals surface area contributed by atoms with E-state index in [4.69, 9.17) is 34.4 Å². The number of amides is 4. The van der Waals surface area contributed by atoms with E-state index < -0.39 is 11.1 Å². The first-order chi connectivity index (χ1) is 48.2. The fourth-order valence-corrected chi connectivity index (χ4v) is 14.4. The minimum atomic E-state index is -0.914. The molecule has 0 spiro atoms. The van der Waals surface area contributed by atoms with Crippen LogP contribution >= 0.6 is 0 Å². The molecule has 2 aliphatic heterocycles. The van der Waals surface area contributed by atoms with Crippen molar-refractivity contribution < 1.29 is 28.7 Å². The van der Waals surface area contributed by atoms with Crippen LogP contribution in [0.5, 0.6) is 17.5 Å². The maximum absolute atomic E-state index is 12.3. The molecule has 0 saturated heterocycles. The number of carbonyl (C=O) groups is 4. The van der Waals surface area contributed by atoms with Gasteiger partial charge in [0.2, 0.25) is 17.8 Å². The Morgan fingerprint density at radius 3 is 1.32 bits per heavy atom. The predicted octanol–water partition coefficient (Wildman–Crippen LogP) is 19.3. The SMILES string of the molecule is CCCCCCC1CCC(CCCCCCCCCNc2nc(Nc3ccccc3)nc(C(C)(CC)Oc3ccc(N4C(=O)C=CC4=O)cc3)n2)C(CCCCCCCCCNC(C)(C)c2nc(Nc3ccccc3)nc(Oc3ccc(N4C(=O)C=CC4=O)cc3)n2)C1CCCCCC. The molecule has 0 radical (unpaired) electrons. The van der Waals surface area contributed by atoms with Crippen LogP contribution in [0.3, 0.4) is 0 Å². The van der Waals surface area contributed by atoms with Crippen LogP contribution in [0.2, 0.25) is 0 Å². The van der Waals surface area contributed by atoms with Gasteiger partial charge in [-0.15, -0.1) is 0 Å². The van der Waals surface area contributed by atoms with Gasteiger partial charge in [-0.05, 0) is 169 Å². The lowest BCUT2D eigenvalue weighted by Gasteiger charge is -2.44. The Hall–Kier alpha value is -8.38. The molecule has 9 rings (SSSR count). The Morgan fingerprint density at radius 1 is 0.424 bits per heavy atom. The third kappa shape index (κ3) is 22.8. The summed E-state index contributed by atoms with van der Waals surface area (Å²) in [5, 5.41) is 13.9. The van der Waals surface area contributed by atoms with Gasteiger partial charge in [-0.1, -0.05) is 198 Å². The number of carbonyl (C=O) groups excluding carboxylic acids is 4. The first kappa shape index (κ1) is 74.8. The van der Waals surface area contributed by atoms with Gasteiger partial charge in [0.05, 0.1) is 16.9 Å². The average Bonchev–Trinajstić information content (AvgIpc) is 0.860. The Morgan fingerprint density at radius 2 is 0.838 bits per heavy atom. The number of para-hydroxylation sites is 2. The highest BCUT2D eigenvalue weighted by Gasteiger charge is 2.38. The number of anilines is 7. The summed E-state index contributed by atoms with van der Waals surface area (Å²) in [6.45, 7) is 14.4. The molecule has 18 heteroatoms. The van der Waals surface area contributed by atoms with Crippen LogP contribution < -0.4 is 40.5 Å². The van der Waals surface area contributed by atoms with Gasteiger partial charge in [0, 0.05) is 42.2 Å². The fourth-order valence-electron chi connectivity index (χ4n) is 14.4. The lowest BCUT2D eigenvalue weighted by Crippen LogP contribution is -2.39. The molecule has 1 aliphatic carbocycles. The van der Waals surface area contributed by atoms with E-state index in [0.29, 0.717) is 58.8 Å². The molecule has 5 atom stereocenters. The zero-order valence-electron chi connectivity index (χ0n) is 60.0. The normalized spacial score (nSPS) is 17.6. The molecule has 4 heterocycles. The standard InChI is InChI=1S/C81H110N12O6/c1-7-10-12-26-36-60-44-45-61(37-27-20-16-14-18-22-34-58-82-76-87-75(88-77(90-76)84-62-38-28-24-29-39-62)81(6,9-3)99-67-52-48-65(49-53-67)93-72(96)56-57-73(93)97)69(68(60)42-32-13-11-8-2)43-33-21-17-15-19-23-35-59-83-80(4,5)74-86-78(85-63-40-30-25-31-41-63)91-79(89-74)98-66-50-46-64(47-51-66)92-70(94)54-55-71(92)95/h24-25,28-31,38-41,46-57,60-61,68-69,83H,7-23,26-27,32-37,42-45,58-59H2,1-6H3,(H,85,86,89,91)(H2,82,84,87,88,90). The van der Waals surface area contributed by atoms with Gasteiger partial charge in [-0.25, -0.2) is 9.80 Å². The third-order valence-corrected chi connectivity index (χ3v) is 20.2. The maximum atomic E-state index is 12.3. The number of nitrogens with zero attached hydrogens (tertiary/aromatic N) is 8. The lowest BCUT2D eigenvalue weighted by molar-refractivity contribution is -0.121. The molecule has 4 amide bonds. The second kappa shape index (κ2) is 38.8. The lowest BCUT2D eigenvalue weighted by atomic mass is 9.61. The highest BCUT2D eigenvalue weighted by molar-refractivity contribution is 6.28. The molecule has 1 fully saturated rings. The number of ether oxygens (including phenoxy) is 2. The smallest absolute Gasteiger partial charge is 0.327 e. The molecule has 18 nitrogen and oxygen atoms in total. The number of imide groups is 2. The van der Waals surface area contributed by atoms with Gasteiger partial charge in [-0.2, -0.15) is 29.9 Å². The highest BCUT2D eigenvalue weighted by Crippen LogP contribution is 2.48. The van der Waals surface area contributed by atoms with E-state index in [9.17, 15) is 19.2 Å². The molecular formula is C81H110N12O6. The van der Waals surface area contributed by atoms with Crippen molar-refractivity contribution in [2.24, 2.45) is 23.7 Å². The molecule has 530 valence electrons. The van der Waals surface area contributed by atoms with E-state index in [-0.39, 0.29) is 29.6 Å². The maximum Gasteiger partial charge on any atom is 0.327 e. The van der Waals surface area contributed by atoms with Gasteiger partial charge in [-0.3, -0.25) is 19.2 Å². The summed E-state index contributed by atoms with van der Waals surface area (Å²) in [6, 6.07) is 33.5. The average molecular weight is 1350 g/mol. The van der Waals surface area contributed by atoms with Crippen LogP contribution in [0, 0.1) is 23.7 Å². The summed E-state index contributed by atoms with van der Waals surface area (Å²) in [5.41, 5.74) is 1.15. The Bertz CT molecular complexity index is 3500. The summed E-state index contributed by atoms with van der Waals surface area (Å²) in [4.78, 5) is 80.4. The van der Waals surface area contributed by atoms with Crippen LogP contribution in [-0.2, 0) is 30.3 Å². The monoisotopic (exact) mass is 1350 g/mol. The molecular weight excluding hydrogens is 1240 g/mol. The van der Waals surface area contributed by atoms with Crippen molar-refractivity contribution in [1.82, 2.24) is 35.2 Å². The van der Waals surface area contributed by atoms with E-state index in [0.717, 1.165) is 77.2 Å². The van der Waals surface area contributed by atoms with Crippen molar-refractivity contribution in [3.05, 3.63) is 145 Å². The second-order valence-electron chi connectivity index (χ2n) is 28.1. The Labute approximate surface area is 589 Å². The molecule has 4 N–H and O–H groups in total. The molecule has 5 unspecified atom stereocenters. The minimum absolute atomic E-state index is 0.132. The van der Waals surface area contributed by atoms with Crippen LogP contribution in [0.1, 0.15) is 239 Å². The van der Waals surface area contributed by atoms with Gasteiger partial charge in [0.25, 0.3) is 23.6 Å². The summed E-state index contributed by atoms with van der Waals surface area (Å²) in [5.74, 6) is 5.39. The van der Waals surface area contributed by atoms with Crippen molar-refractivity contribution in [2.75, 3.05) is 38.8 Å². The van der Waals surface area contributed by atoms with Crippen molar-refractivity contribution in [1.29, 1.82) is 0 Å². The number of unbranched alkanes of at least 4 members (excludes halogenated alkanes) is 18. The number of nitrogens with one attached hydrogen (secondary N) is 4. The van der Waals surface area contributed by atoms with Crippen molar-refractivity contribution in [2.45, 2.75) is 239 Å². The molecule has 0 bridgehead atoms. The third-order valence-electron chi connectivity index (χ3n) is 20.2. The van der Waals surface area contributed by atoms with Gasteiger partial charge in [0.1, 0.15) is 11.5 Å². The quantitative estimate of drug-likeness (QED) is 0.0206. The molecule has 6 aromatic rings. The van der Waals surface area contributed by atoms with Crippen LogP contribution in [0.25, 0.3) is 0 Å². The molecule has 2 aromatic heterocycles. The Kier molecular flexibility index (Phi) is 29.4. The first-order valence-corrected chi connectivity index (χ1v) is 37.6. The number of benzene rings is 4. The molecule has 4 aromatic carbocycles. The number of aromatic nitrogens is 6. The highest BCUT2D eigenvalue weighted by atomic mass is 16.5. The Balaban J connectivity index is 0.713. The van der Waals surface area contributed by atoms with Gasteiger partial charge in [0.15, 0.2) is 17.2 Å². The van der Waals surface area contributed by atoms with Crippen LogP contribution in [0.15, 0.2) is 133 Å². The summed E-state index contributed by atoms with van der Waals surface area (Å²) in [7, 11) is 0. The molecule has 3 aliphatic rings. The van der Waals surface area contributed by atoms with E-state index >= 15 is 0 Å². The van der Waals surface area contributed by atoms with E-state index in [2.05, 4.69) is 53.9 Å². The van der Waals surface area contributed by atoms with Gasteiger partial charge >= 0.3 is 6.01 Å². The van der Waals surface area contributed by atoms with Crippen LogP contribution in [-0.4, -0.2) is 66.6 Å². The fraction of sp³-hybridized carbons (Fsp3) is 0.531. The van der Waals surface area contributed by atoms with E-state index in [1.54, 1.807) is 48.5 Å². The summed E-state index contributed by atoms with van der Waals surface area (Å²) in [6.07, 6.45) is 42.4. The van der Waals surface area contributed by atoms with E-state index in [1.807, 2.05) is 74.5 Å². The predicted molar refractivity (Wildman–Crippen MR) is 398 cm³/mol. The number of hydrogen-bond acceptors (Lipinski definition) is 16. The van der Waals surface area contributed by atoms with Crippen molar-refractivity contribution in [3.8, 4) is 17.5 Å². The van der Waals surface area contributed by atoms with Crippen molar-refractivity contribution in [3.63, 3.8) is 0 Å². The van der Waals surface area contributed by atoms with Crippen molar-refractivity contribution >= 4 is 64.2 Å². The van der Waals surface area contributed by atoms with Gasteiger partial charge < -0.3 is 30.7 Å². The van der Waals surface area contributed by atoms with E-state index in [1.165, 1.54) is 185 Å². The number of rotatable bonds is 45. The zero-order valence-corrected chi connectivity index (χ0v) is 60.0. The van der Waals surface area contributed by atoms with Crippen LogP contribution in [0.4, 0.5) is 40.6 Å². The topological polar surface area (TPSA) is 219 Å². The molecule has 1 saturated carbocycles. The first-order valence-electron chi connectivity index (χ1n) is 37.6. The summed E-state index contributed by atoms with van der Waals surface area (Å²) >= 11 is 0. The second-order valence-corrected chi connectivity index (χ2v) is 28.1. The molecule has 99 heavy (non-hydrogen) atoms. The largest absolute Gasteiger partial charge is 0.480 e. The number of hydrogen-bond donors (Lipinski definition) is 4. The summed E-state index contributed by atoms with van der Waals surface area (Å²) < 4.78 is 12.8. The zero-order chi connectivity index (χ0) is 69.7. The minimum Gasteiger partial charge on any atom is -0.480 e.